The predicted octanol–water partition coefficient (Wildman–Crippen LogP) is 3.87. The van der Waals surface area contributed by atoms with Crippen LogP contribution in [0.5, 0.6) is 5.75 Å². The third kappa shape index (κ3) is 3.75. The van der Waals surface area contributed by atoms with Crippen molar-refractivity contribution in [3.63, 3.8) is 0 Å². The Hall–Kier alpha value is -1.55. The maximum Gasteiger partial charge on any atom is 0.132 e. The van der Waals surface area contributed by atoms with Crippen molar-refractivity contribution in [1.29, 1.82) is 0 Å². The minimum absolute atomic E-state index is 0. The van der Waals surface area contributed by atoms with Crippen LogP contribution in [0.2, 0.25) is 0 Å². The number of ether oxygens (including phenoxy) is 1. The lowest BCUT2D eigenvalue weighted by molar-refractivity contribution is 0.0130. The van der Waals surface area contributed by atoms with E-state index in [0.717, 1.165) is 23.5 Å². The minimum atomic E-state index is -1.28. The molecule has 0 bridgehead atoms. The molecule has 1 aliphatic rings. The van der Waals surface area contributed by atoms with E-state index in [1.165, 1.54) is 12.8 Å². The first-order valence-corrected chi connectivity index (χ1v) is 8.21. The fourth-order valence-electron chi connectivity index (χ4n) is 2.90. The molecule has 2 aromatic carbocycles. The van der Waals surface area contributed by atoms with Gasteiger partial charge in [0.1, 0.15) is 11.4 Å². The average Bonchev–Trinajstić information content (AvgIpc) is 3.36. The van der Waals surface area contributed by atoms with Gasteiger partial charge in [0, 0.05) is 5.54 Å². The van der Waals surface area contributed by atoms with Gasteiger partial charge in [0.15, 0.2) is 0 Å². The molecular weight excluding hydrogens is 322 g/mol. The first kappa shape index (κ1) is 18.8. The van der Waals surface area contributed by atoms with E-state index in [0.29, 0.717) is 5.92 Å². The van der Waals surface area contributed by atoms with E-state index in [-0.39, 0.29) is 12.4 Å². The molecule has 0 amide bonds. The molecule has 1 unspecified atom stereocenters. The standard InChI is InChI=1S/C20H25NO2.ClH/c1-19(2,21)20(22,16-7-4-3-5-8-16)17-9-6-10-18(13-17)23-14-15-11-12-15;/h3-10,13,15,22H,11-12,14,21H2,1-2H3;1H. The fourth-order valence-corrected chi connectivity index (χ4v) is 2.90. The number of halogens is 1. The highest BCUT2D eigenvalue weighted by Crippen LogP contribution is 2.39. The van der Waals surface area contributed by atoms with Crippen LogP contribution in [0.4, 0.5) is 0 Å². The van der Waals surface area contributed by atoms with Gasteiger partial charge in [-0.2, -0.15) is 0 Å². The van der Waals surface area contributed by atoms with E-state index in [1.54, 1.807) is 0 Å². The zero-order chi connectivity index (χ0) is 16.5. The van der Waals surface area contributed by atoms with Crippen LogP contribution in [0.25, 0.3) is 0 Å². The van der Waals surface area contributed by atoms with Gasteiger partial charge in [0.05, 0.1) is 6.61 Å². The lowest BCUT2D eigenvalue weighted by atomic mass is 9.73. The minimum Gasteiger partial charge on any atom is -0.493 e. The Morgan fingerprint density at radius 1 is 1.04 bits per heavy atom. The lowest BCUT2D eigenvalue weighted by Gasteiger charge is -2.41. The Labute approximate surface area is 150 Å². The second-order valence-corrected chi connectivity index (χ2v) is 7.08. The van der Waals surface area contributed by atoms with Crippen LogP contribution in [-0.4, -0.2) is 17.3 Å². The highest BCUT2D eigenvalue weighted by atomic mass is 35.5. The molecule has 3 rings (SSSR count). The molecule has 4 heteroatoms. The van der Waals surface area contributed by atoms with Crippen LogP contribution in [0.15, 0.2) is 54.6 Å². The van der Waals surface area contributed by atoms with Gasteiger partial charge in [0.2, 0.25) is 0 Å². The summed E-state index contributed by atoms with van der Waals surface area (Å²) in [6.45, 7) is 4.44. The molecule has 0 spiro atoms. The summed E-state index contributed by atoms with van der Waals surface area (Å²) in [7, 11) is 0. The Kier molecular flexibility index (Phi) is 5.59. The van der Waals surface area contributed by atoms with Gasteiger partial charge in [-0.05, 0) is 55.9 Å². The largest absolute Gasteiger partial charge is 0.493 e. The van der Waals surface area contributed by atoms with Crippen LogP contribution >= 0.6 is 12.4 Å². The van der Waals surface area contributed by atoms with Crippen LogP contribution in [0, 0.1) is 5.92 Å². The highest BCUT2D eigenvalue weighted by molar-refractivity contribution is 5.85. The molecule has 1 atom stereocenters. The topological polar surface area (TPSA) is 55.5 Å². The number of hydrogen-bond acceptors (Lipinski definition) is 3. The average molecular weight is 348 g/mol. The quantitative estimate of drug-likeness (QED) is 0.834. The molecule has 130 valence electrons. The molecule has 2 aromatic rings. The van der Waals surface area contributed by atoms with E-state index in [1.807, 2.05) is 68.4 Å². The van der Waals surface area contributed by atoms with Crippen LogP contribution in [-0.2, 0) is 5.60 Å². The highest BCUT2D eigenvalue weighted by Gasteiger charge is 2.44. The molecule has 0 aliphatic heterocycles. The zero-order valence-corrected chi connectivity index (χ0v) is 15.1. The predicted molar refractivity (Wildman–Crippen MR) is 99.6 cm³/mol. The van der Waals surface area contributed by atoms with Gasteiger partial charge in [-0.15, -0.1) is 12.4 Å². The zero-order valence-electron chi connectivity index (χ0n) is 14.2. The summed E-state index contributed by atoms with van der Waals surface area (Å²) < 4.78 is 5.86. The summed E-state index contributed by atoms with van der Waals surface area (Å²) >= 11 is 0. The normalized spacial score (nSPS) is 16.8. The lowest BCUT2D eigenvalue weighted by Crippen LogP contribution is -2.54. The van der Waals surface area contributed by atoms with Gasteiger partial charge in [0.25, 0.3) is 0 Å². The summed E-state index contributed by atoms with van der Waals surface area (Å²) in [5, 5.41) is 11.5. The number of hydrogen-bond donors (Lipinski definition) is 2. The second-order valence-electron chi connectivity index (χ2n) is 7.08. The van der Waals surface area contributed by atoms with Crippen molar-refractivity contribution < 1.29 is 9.84 Å². The maximum absolute atomic E-state index is 11.5. The molecule has 1 fully saturated rings. The third-order valence-corrected chi connectivity index (χ3v) is 4.56. The Bertz CT molecular complexity index is 665. The maximum atomic E-state index is 11.5. The first-order valence-electron chi connectivity index (χ1n) is 8.21. The molecule has 1 aliphatic carbocycles. The summed E-state index contributed by atoms with van der Waals surface area (Å²) in [5.74, 6) is 1.48. The molecule has 1 saturated carbocycles. The van der Waals surface area contributed by atoms with Crippen LogP contribution < -0.4 is 10.5 Å². The third-order valence-electron chi connectivity index (χ3n) is 4.56. The number of benzene rings is 2. The fraction of sp³-hybridized carbons (Fsp3) is 0.400. The van der Waals surface area contributed by atoms with Gasteiger partial charge in [-0.1, -0.05) is 42.5 Å². The van der Waals surface area contributed by atoms with E-state index in [2.05, 4.69) is 0 Å². The number of aliphatic hydroxyl groups is 1. The Morgan fingerprint density at radius 2 is 1.67 bits per heavy atom. The van der Waals surface area contributed by atoms with Crippen molar-refractivity contribution >= 4 is 12.4 Å². The van der Waals surface area contributed by atoms with Gasteiger partial charge < -0.3 is 15.6 Å². The smallest absolute Gasteiger partial charge is 0.132 e. The molecule has 0 aromatic heterocycles. The molecular formula is C20H26ClNO2. The molecule has 24 heavy (non-hydrogen) atoms. The second kappa shape index (κ2) is 7.14. The van der Waals surface area contributed by atoms with E-state index in [9.17, 15) is 5.11 Å². The molecule has 0 radical (unpaired) electrons. The van der Waals surface area contributed by atoms with Crippen molar-refractivity contribution in [2.45, 2.75) is 37.8 Å². The van der Waals surface area contributed by atoms with Crippen molar-refractivity contribution in [3.8, 4) is 5.75 Å². The van der Waals surface area contributed by atoms with Crippen molar-refractivity contribution in [2.24, 2.45) is 11.7 Å². The first-order chi connectivity index (χ1) is 10.9. The Morgan fingerprint density at radius 3 is 2.25 bits per heavy atom. The molecule has 0 heterocycles. The SMILES string of the molecule is CC(C)(N)C(O)(c1ccccc1)c1cccc(OCC2CC2)c1.Cl. The van der Waals surface area contributed by atoms with Gasteiger partial charge >= 0.3 is 0 Å². The van der Waals surface area contributed by atoms with Crippen molar-refractivity contribution in [3.05, 3.63) is 65.7 Å². The van der Waals surface area contributed by atoms with Gasteiger partial charge in [-0.3, -0.25) is 0 Å². The van der Waals surface area contributed by atoms with E-state index >= 15 is 0 Å². The molecule has 0 saturated heterocycles. The summed E-state index contributed by atoms with van der Waals surface area (Å²) in [5.41, 5.74) is 5.78. The van der Waals surface area contributed by atoms with Crippen LogP contribution in [0.1, 0.15) is 37.8 Å². The number of rotatable bonds is 6. The van der Waals surface area contributed by atoms with E-state index < -0.39 is 11.1 Å². The summed E-state index contributed by atoms with van der Waals surface area (Å²) in [4.78, 5) is 0. The Balaban J connectivity index is 0.00000208. The van der Waals surface area contributed by atoms with Crippen molar-refractivity contribution in [1.82, 2.24) is 0 Å². The summed E-state index contributed by atoms with van der Waals surface area (Å²) in [6.07, 6.45) is 2.51. The summed E-state index contributed by atoms with van der Waals surface area (Å²) in [6, 6.07) is 17.2. The van der Waals surface area contributed by atoms with E-state index in [4.69, 9.17) is 10.5 Å². The van der Waals surface area contributed by atoms with Gasteiger partial charge in [-0.25, -0.2) is 0 Å². The molecule has 3 nitrogen and oxygen atoms in total. The monoisotopic (exact) mass is 347 g/mol. The number of nitrogens with two attached hydrogens (primary N) is 1. The van der Waals surface area contributed by atoms with Crippen molar-refractivity contribution in [2.75, 3.05) is 6.61 Å². The van der Waals surface area contributed by atoms with Crippen LogP contribution in [0.3, 0.4) is 0 Å². The molecule has 3 N–H and O–H groups in total.